The summed E-state index contributed by atoms with van der Waals surface area (Å²) < 4.78 is 6.08. The molecule has 1 rings (SSSR count). The lowest BCUT2D eigenvalue weighted by Crippen LogP contribution is -2.27. The number of anilines is 1. The Bertz CT molecular complexity index is 410. The first kappa shape index (κ1) is 14.3. The fourth-order valence-corrected chi connectivity index (χ4v) is 2.00. The minimum absolute atomic E-state index is 0.408. The first-order valence-electron chi connectivity index (χ1n) is 5.47. The number of alkyl halides is 1. The fourth-order valence-electron chi connectivity index (χ4n) is 1.34. The summed E-state index contributed by atoms with van der Waals surface area (Å²) in [6.45, 7) is 7.55. The van der Waals surface area contributed by atoms with Crippen molar-refractivity contribution in [3.8, 4) is 0 Å². The van der Waals surface area contributed by atoms with Crippen LogP contribution in [0.1, 0.15) is 31.9 Å². The van der Waals surface area contributed by atoms with Crippen LogP contribution in [0.4, 0.5) is 10.5 Å². The second-order valence-electron chi connectivity index (χ2n) is 4.92. The number of benzene rings is 1. The molecule has 0 saturated carbocycles. The van der Waals surface area contributed by atoms with Crippen LogP contribution in [0.25, 0.3) is 0 Å². The SMILES string of the molecule is Cc1ccc(CI)c(NC(=O)OC(C)(C)C)c1. The van der Waals surface area contributed by atoms with Crippen molar-refractivity contribution < 1.29 is 9.53 Å². The molecule has 0 saturated heterocycles. The summed E-state index contributed by atoms with van der Waals surface area (Å²) >= 11 is 2.27. The molecule has 0 spiro atoms. The van der Waals surface area contributed by atoms with Crippen molar-refractivity contribution in [3.05, 3.63) is 29.3 Å². The summed E-state index contributed by atoms with van der Waals surface area (Å²) in [5.41, 5.74) is 2.57. The van der Waals surface area contributed by atoms with Gasteiger partial charge in [-0.15, -0.1) is 0 Å². The summed E-state index contributed by atoms with van der Waals surface area (Å²) in [5, 5.41) is 2.79. The minimum atomic E-state index is -0.474. The van der Waals surface area contributed by atoms with Crippen molar-refractivity contribution in [2.75, 3.05) is 5.32 Å². The largest absolute Gasteiger partial charge is 0.444 e. The number of rotatable bonds is 2. The van der Waals surface area contributed by atoms with Gasteiger partial charge in [0, 0.05) is 10.1 Å². The molecule has 1 aromatic carbocycles. The maximum absolute atomic E-state index is 11.7. The molecule has 1 N–H and O–H groups in total. The second kappa shape index (κ2) is 5.71. The van der Waals surface area contributed by atoms with Crippen LogP contribution in [0.15, 0.2) is 18.2 Å². The Hall–Kier alpha value is -0.780. The van der Waals surface area contributed by atoms with Crippen molar-refractivity contribution in [2.45, 2.75) is 37.7 Å². The van der Waals surface area contributed by atoms with Gasteiger partial charge in [-0.2, -0.15) is 0 Å². The van der Waals surface area contributed by atoms with Crippen molar-refractivity contribution in [1.29, 1.82) is 0 Å². The summed E-state index contributed by atoms with van der Waals surface area (Å²) in [7, 11) is 0. The molecule has 0 radical (unpaired) electrons. The summed E-state index contributed by atoms with van der Waals surface area (Å²) in [5.74, 6) is 0. The standard InChI is InChI=1S/C13H18INO2/c1-9-5-6-10(8-14)11(7-9)15-12(16)17-13(2,3)4/h5-7H,8H2,1-4H3,(H,15,16). The number of aryl methyl sites for hydroxylation is 1. The highest BCUT2D eigenvalue weighted by atomic mass is 127. The van der Waals surface area contributed by atoms with E-state index in [1.165, 1.54) is 0 Å². The first-order valence-corrected chi connectivity index (χ1v) is 7.00. The van der Waals surface area contributed by atoms with Crippen molar-refractivity contribution in [1.82, 2.24) is 0 Å². The lowest BCUT2D eigenvalue weighted by molar-refractivity contribution is 0.0636. The molecule has 0 heterocycles. The number of carbonyl (C=O) groups excluding carboxylic acids is 1. The topological polar surface area (TPSA) is 38.3 Å². The van der Waals surface area contributed by atoms with Gasteiger partial charge in [-0.05, 0) is 44.9 Å². The highest BCUT2D eigenvalue weighted by molar-refractivity contribution is 14.1. The number of amides is 1. The maximum Gasteiger partial charge on any atom is 0.412 e. The molecule has 1 aromatic rings. The zero-order valence-corrected chi connectivity index (χ0v) is 12.8. The minimum Gasteiger partial charge on any atom is -0.444 e. The van der Waals surface area contributed by atoms with E-state index in [2.05, 4.69) is 27.9 Å². The maximum atomic E-state index is 11.7. The van der Waals surface area contributed by atoms with E-state index in [0.717, 1.165) is 21.2 Å². The van der Waals surface area contributed by atoms with E-state index in [-0.39, 0.29) is 0 Å². The molecule has 3 nitrogen and oxygen atoms in total. The molecule has 0 bridgehead atoms. The predicted octanol–water partition coefficient (Wildman–Crippen LogP) is 4.28. The Morgan fingerprint density at radius 2 is 2.06 bits per heavy atom. The highest BCUT2D eigenvalue weighted by Crippen LogP contribution is 2.21. The number of hydrogen-bond acceptors (Lipinski definition) is 2. The van der Waals surface area contributed by atoms with Gasteiger partial charge >= 0.3 is 6.09 Å². The molecule has 0 aliphatic rings. The molecule has 0 aliphatic heterocycles. The van der Waals surface area contributed by atoms with Gasteiger partial charge in [-0.3, -0.25) is 5.32 Å². The summed E-state index contributed by atoms with van der Waals surface area (Å²) in [4.78, 5) is 11.7. The number of ether oxygens (including phenoxy) is 1. The van der Waals surface area contributed by atoms with Gasteiger partial charge in [-0.25, -0.2) is 4.79 Å². The molecular weight excluding hydrogens is 329 g/mol. The van der Waals surface area contributed by atoms with Crippen LogP contribution in [0.2, 0.25) is 0 Å². The molecule has 0 unspecified atom stereocenters. The average Bonchev–Trinajstić information content (AvgIpc) is 2.14. The van der Waals surface area contributed by atoms with E-state index in [1.54, 1.807) is 0 Å². The van der Waals surface area contributed by atoms with Crippen molar-refractivity contribution in [3.63, 3.8) is 0 Å². The second-order valence-corrected chi connectivity index (χ2v) is 5.68. The Balaban J connectivity index is 2.80. The average molecular weight is 347 g/mol. The molecule has 1 amide bonds. The van der Waals surface area contributed by atoms with Crippen molar-refractivity contribution in [2.24, 2.45) is 0 Å². The number of halogens is 1. The first-order chi connectivity index (χ1) is 7.81. The van der Waals surface area contributed by atoms with E-state index < -0.39 is 11.7 Å². The van der Waals surface area contributed by atoms with E-state index in [1.807, 2.05) is 45.9 Å². The molecule has 17 heavy (non-hydrogen) atoms. The van der Waals surface area contributed by atoms with Crippen molar-refractivity contribution >= 4 is 34.4 Å². The van der Waals surface area contributed by atoms with Gasteiger partial charge in [0.15, 0.2) is 0 Å². The Morgan fingerprint density at radius 3 is 2.59 bits per heavy atom. The highest BCUT2D eigenvalue weighted by Gasteiger charge is 2.17. The van der Waals surface area contributed by atoms with Crippen LogP contribution in [0.3, 0.4) is 0 Å². The molecule has 0 atom stereocenters. The Kier molecular flexibility index (Phi) is 4.80. The Morgan fingerprint density at radius 1 is 1.41 bits per heavy atom. The van der Waals surface area contributed by atoms with Crippen LogP contribution in [-0.2, 0) is 9.16 Å². The Labute approximate surface area is 116 Å². The van der Waals surface area contributed by atoms with Crippen LogP contribution < -0.4 is 5.32 Å². The molecule has 0 aliphatic carbocycles. The third-order valence-corrected chi connectivity index (χ3v) is 2.87. The third kappa shape index (κ3) is 4.93. The van der Waals surface area contributed by atoms with Crippen LogP contribution >= 0.6 is 22.6 Å². The number of hydrogen-bond donors (Lipinski definition) is 1. The predicted molar refractivity (Wildman–Crippen MR) is 78.8 cm³/mol. The van der Waals surface area contributed by atoms with Gasteiger partial charge in [-0.1, -0.05) is 34.7 Å². The monoisotopic (exact) mass is 347 g/mol. The van der Waals surface area contributed by atoms with E-state index in [9.17, 15) is 4.79 Å². The smallest absolute Gasteiger partial charge is 0.412 e. The third-order valence-electron chi connectivity index (χ3n) is 2.04. The molecule has 0 aromatic heterocycles. The zero-order chi connectivity index (χ0) is 13.1. The van der Waals surface area contributed by atoms with Gasteiger partial charge in [0.05, 0.1) is 0 Å². The van der Waals surface area contributed by atoms with Gasteiger partial charge in [0.1, 0.15) is 5.60 Å². The van der Waals surface area contributed by atoms with Crippen LogP contribution in [0, 0.1) is 6.92 Å². The van der Waals surface area contributed by atoms with Gasteiger partial charge in [0.2, 0.25) is 0 Å². The van der Waals surface area contributed by atoms with E-state index in [4.69, 9.17) is 4.74 Å². The normalized spacial score (nSPS) is 11.1. The summed E-state index contributed by atoms with van der Waals surface area (Å²) in [6, 6.07) is 6.01. The number of nitrogens with one attached hydrogen (secondary N) is 1. The molecular formula is C13H18INO2. The molecule has 94 valence electrons. The van der Waals surface area contributed by atoms with E-state index >= 15 is 0 Å². The lowest BCUT2D eigenvalue weighted by atomic mass is 10.1. The van der Waals surface area contributed by atoms with Gasteiger partial charge < -0.3 is 4.74 Å². The van der Waals surface area contributed by atoms with E-state index in [0.29, 0.717) is 0 Å². The van der Waals surface area contributed by atoms with Crippen LogP contribution in [0.5, 0.6) is 0 Å². The zero-order valence-electron chi connectivity index (χ0n) is 10.6. The fraction of sp³-hybridized carbons (Fsp3) is 0.462. The number of carbonyl (C=O) groups is 1. The molecule has 0 fully saturated rings. The van der Waals surface area contributed by atoms with Crippen LogP contribution in [-0.4, -0.2) is 11.7 Å². The summed E-state index contributed by atoms with van der Waals surface area (Å²) in [6.07, 6.45) is -0.408. The molecule has 4 heteroatoms. The van der Waals surface area contributed by atoms with Gasteiger partial charge in [0.25, 0.3) is 0 Å². The lowest BCUT2D eigenvalue weighted by Gasteiger charge is -2.20. The quantitative estimate of drug-likeness (QED) is 0.641.